The van der Waals surface area contributed by atoms with Crippen LogP contribution in [0.15, 0.2) is 72.8 Å². The van der Waals surface area contributed by atoms with E-state index in [0.717, 1.165) is 28.7 Å². The van der Waals surface area contributed by atoms with Crippen molar-refractivity contribution >= 4 is 11.4 Å². The van der Waals surface area contributed by atoms with E-state index in [1.54, 1.807) is 24.3 Å². The molecule has 4 nitrogen and oxygen atoms in total. The summed E-state index contributed by atoms with van der Waals surface area (Å²) in [5.41, 5.74) is 21.0. The van der Waals surface area contributed by atoms with E-state index in [0.29, 0.717) is 11.4 Å². The monoisotopic (exact) mass is 380 g/mol. The number of nitrogen functional groups attached to an aromatic ring is 2. The number of benzene rings is 4. The van der Waals surface area contributed by atoms with Gasteiger partial charge in [-0.15, -0.1) is 0 Å². The Morgan fingerprint density at radius 1 is 0.621 bits per heavy atom. The van der Waals surface area contributed by atoms with E-state index in [9.17, 15) is 10.2 Å². The van der Waals surface area contributed by atoms with Crippen molar-refractivity contribution in [3.05, 3.63) is 83.9 Å². The lowest BCUT2D eigenvalue weighted by Crippen LogP contribution is -1.95. The SMILES string of the molecule is Nc1ccc(-c2ccc3c(c2-c2ccc(N)c(O)c2)Cc2ccccc2-3)cc1O. The molecule has 5 rings (SSSR count). The summed E-state index contributed by atoms with van der Waals surface area (Å²) < 4.78 is 0. The number of phenolic OH excluding ortho intramolecular Hbond substituents is 2. The maximum atomic E-state index is 10.2. The van der Waals surface area contributed by atoms with Crippen LogP contribution in [0.3, 0.4) is 0 Å². The van der Waals surface area contributed by atoms with E-state index in [-0.39, 0.29) is 11.5 Å². The Balaban J connectivity index is 1.81. The highest BCUT2D eigenvalue weighted by molar-refractivity contribution is 5.94. The van der Waals surface area contributed by atoms with Gasteiger partial charge in [0.1, 0.15) is 11.5 Å². The molecule has 0 spiro atoms. The van der Waals surface area contributed by atoms with Crippen LogP contribution < -0.4 is 11.5 Å². The molecule has 0 fully saturated rings. The Morgan fingerprint density at radius 3 is 1.97 bits per heavy atom. The van der Waals surface area contributed by atoms with Gasteiger partial charge in [-0.3, -0.25) is 0 Å². The molecule has 0 unspecified atom stereocenters. The van der Waals surface area contributed by atoms with Gasteiger partial charge in [-0.25, -0.2) is 0 Å². The molecular formula is C25H20N2O2. The summed E-state index contributed by atoms with van der Waals surface area (Å²) >= 11 is 0. The van der Waals surface area contributed by atoms with E-state index >= 15 is 0 Å². The number of phenols is 2. The quantitative estimate of drug-likeness (QED) is 0.251. The second kappa shape index (κ2) is 6.31. The molecule has 4 heteroatoms. The average Bonchev–Trinajstić information content (AvgIpc) is 3.10. The highest BCUT2D eigenvalue weighted by atomic mass is 16.3. The van der Waals surface area contributed by atoms with Gasteiger partial charge in [0.25, 0.3) is 0 Å². The van der Waals surface area contributed by atoms with Gasteiger partial charge in [0.15, 0.2) is 0 Å². The zero-order valence-corrected chi connectivity index (χ0v) is 15.7. The first-order chi connectivity index (χ1) is 14.0. The number of fused-ring (bicyclic) bond motifs is 3. The highest BCUT2D eigenvalue weighted by Crippen LogP contribution is 2.47. The second-order valence-corrected chi connectivity index (χ2v) is 7.40. The molecule has 0 radical (unpaired) electrons. The van der Waals surface area contributed by atoms with Crippen molar-refractivity contribution in [2.45, 2.75) is 6.42 Å². The van der Waals surface area contributed by atoms with Gasteiger partial charge >= 0.3 is 0 Å². The Bertz CT molecular complexity index is 1280. The molecule has 0 heterocycles. The van der Waals surface area contributed by atoms with Gasteiger partial charge in [-0.1, -0.05) is 48.5 Å². The van der Waals surface area contributed by atoms with Gasteiger partial charge < -0.3 is 21.7 Å². The molecule has 142 valence electrons. The Hall–Kier alpha value is -3.92. The van der Waals surface area contributed by atoms with Crippen molar-refractivity contribution in [2.75, 3.05) is 11.5 Å². The fourth-order valence-electron chi connectivity index (χ4n) is 4.19. The maximum absolute atomic E-state index is 10.2. The molecule has 0 amide bonds. The molecule has 0 aromatic heterocycles. The van der Waals surface area contributed by atoms with Crippen LogP contribution in [0, 0.1) is 0 Å². The van der Waals surface area contributed by atoms with Crippen LogP contribution in [-0.4, -0.2) is 10.2 Å². The van der Waals surface area contributed by atoms with Crippen LogP contribution >= 0.6 is 0 Å². The van der Waals surface area contributed by atoms with E-state index in [4.69, 9.17) is 11.5 Å². The third kappa shape index (κ3) is 2.69. The summed E-state index contributed by atoms with van der Waals surface area (Å²) in [4.78, 5) is 0. The lowest BCUT2D eigenvalue weighted by atomic mass is 9.87. The molecule has 1 aliphatic carbocycles. The third-order valence-electron chi connectivity index (χ3n) is 5.65. The largest absolute Gasteiger partial charge is 0.506 e. The van der Waals surface area contributed by atoms with Crippen molar-refractivity contribution in [2.24, 2.45) is 0 Å². The average molecular weight is 380 g/mol. The van der Waals surface area contributed by atoms with Crippen LogP contribution in [-0.2, 0) is 6.42 Å². The summed E-state index contributed by atoms with van der Waals surface area (Å²) in [6.07, 6.45) is 0.806. The molecule has 0 aliphatic heterocycles. The molecule has 1 aliphatic rings. The number of hydrogen-bond acceptors (Lipinski definition) is 4. The number of aromatic hydroxyl groups is 2. The Kier molecular flexibility index (Phi) is 3.74. The van der Waals surface area contributed by atoms with Gasteiger partial charge in [0, 0.05) is 0 Å². The first-order valence-electron chi connectivity index (χ1n) is 9.45. The summed E-state index contributed by atoms with van der Waals surface area (Å²) in [6, 6.07) is 23.2. The zero-order valence-electron chi connectivity index (χ0n) is 15.7. The lowest BCUT2D eigenvalue weighted by molar-refractivity contribution is 0.477. The smallest absolute Gasteiger partial charge is 0.139 e. The third-order valence-corrected chi connectivity index (χ3v) is 5.65. The second-order valence-electron chi connectivity index (χ2n) is 7.40. The molecule has 6 N–H and O–H groups in total. The predicted octanol–water partition coefficient (Wildman–Crippen LogP) is 5.17. The minimum Gasteiger partial charge on any atom is -0.506 e. The number of rotatable bonds is 2. The van der Waals surface area contributed by atoms with Crippen molar-refractivity contribution in [1.82, 2.24) is 0 Å². The zero-order chi connectivity index (χ0) is 20.1. The van der Waals surface area contributed by atoms with Gasteiger partial charge in [0.2, 0.25) is 0 Å². The normalized spacial score (nSPS) is 11.9. The highest BCUT2D eigenvalue weighted by Gasteiger charge is 2.24. The summed E-state index contributed by atoms with van der Waals surface area (Å²) in [5.74, 6) is 0.110. The lowest BCUT2D eigenvalue weighted by Gasteiger charge is -2.17. The first-order valence-corrected chi connectivity index (χ1v) is 9.45. The van der Waals surface area contributed by atoms with Gasteiger partial charge in [-0.05, 0) is 75.2 Å². The minimum absolute atomic E-state index is 0.0531. The summed E-state index contributed by atoms with van der Waals surface area (Å²) in [7, 11) is 0. The van der Waals surface area contributed by atoms with E-state index in [1.165, 1.54) is 22.3 Å². The number of anilines is 2. The van der Waals surface area contributed by atoms with Crippen LogP contribution in [0.2, 0.25) is 0 Å². The van der Waals surface area contributed by atoms with E-state index < -0.39 is 0 Å². The first kappa shape index (κ1) is 17.2. The molecular weight excluding hydrogens is 360 g/mol. The fraction of sp³-hybridized carbons (Fsp3) is 0.0400. The van der Waals surface area contributed by atoms with Gasteiger partial charge in [-0.2, -0.15) is 0 Å². The number of nitrogens with two attached hydrogens (primary N) is 2. The van der Waals surface area contributed by atoms with E-state index in [1.807, 2.05) is 12.1 Å². The van der Waals surface area contributed by atoms with Crippen LogP contribution in [0.5, 0.6) is 11.5 Å². The van der Waals surface area contributed by atoms with Gasteiger partial charge in [0.05, 0.1) is 11.4 Å². The number of hydrogen-bond donors (Lipinski definition) is 4. The van der Waals surface area contributed by atoms with Crippen molar-refractivity contribution in [3.63, 3.8) is 0 Å². The molecule has 0 bridgehead atoms. The van der Waals surface area contributed by atoms with Crippen LogP contribution in [0.25, 0.3) is 33.4 Å². The Morgan fingerprint density at radius 2 is 1.24 bits per heavy atom. The molecule has 0 saturated heterocycles. The summed E-state index contributed by atoms with van der Waals surface area (Å²) in [6.45, 7) is 0. The topological polar surface area (TPSA) is 92.5 Å². The molecule has 0 saturated carbocycles. The van der Waals surface area contributed by atoms with Crippen LogP contribution in [0.1, 0.15) is 11.1 Å². The van der Waals surface area contributed by atoms with Crippen molar-refractivity contribution in [3.8, 4) is 44.9 Å². The molecule has 0 atom stereocenters. The minimum atomic E-state index is 0.0531. The van der Waals surface area contributed by atoms with E-state index in [2.05, 4.69) is 36.4 Å². The standard InChI is InChI=1S/C25H20N2O2/c26-21-9-5-15(12-23(21)28)18-7-8-19-17-4-2-1-3-14(17)11-20(19)25(18)16-6-10-22(27)24(29)13-16/h1-10,12-13,28-29H,11,26-27H2. The Labute approximate surface area is 168 Å². The molecule has 29 heavy (non-hydrogen) atoms. The van der Waals surface area contributed by atoms with Crippen molar-refractivity contribution in [1.29, 1.82) is 0 Å². The molecule has 4 aromatic rings. The predicted molar refractivity (Wildman–Crippen MR) is 118 cm³/mol. The van der Waals surface area contributed by atoms with Crippen molar-refractivity contribution < 1.29 is 10.2 Å². The summed E-state index contributed by atoms with van der Waals surface area (Å²) in [5, 5.41) is 20.4. The molecule has 4 aromatic carbocycles. The fourth-order valence-corrected chi connectivity index (χ4v) is 4.19. The maximum Gasteiger partial charge on any atom is 0.139 e. The van der Waals surface area contributed by atoms with Crippen LogP contribution in [0.4, 0.5) is 11.4 Å².